The van der Waals surface area contributed by atoms with Crippen LogP contribution >= 0.6 is 0 Å². The van der Waals surface area contributed by atoms with E-state index >= 15 is 14.4 Å². The summed E-state index contributed by atoms with van der Waals surface area (Å²) in [4.78, 5) is 99.0. The van der Waals surface area contributed by atoms with Crippen LogP contribution in [0, 0.1) is 0 Å². The maximum absolute atomic E-state index is 16.0. The lowest BCUT2D eigenvalue weighted by Gasteiger charge is -2.50. The molecule has 24 N–H and O–H groups in total. The molecule has 0 radical (unpaired) electrons. The number of carbonyl (C=O) groups is 6. The number of aliphatic hydroxyl groups is 12. The molecule has 0 aromatic heterocycles. The Morgan fingerprint density at radius 2 is 1.21 bits per heavy atom. The Balaban J connectivity index is 1.04. The number of aliphatic imine (C=N–C) groups is 2. The third kappa shape index (κ3) is 15.4. The lowest BCUT2D eigenvalue weighted by molar-refractivity contribution is -0.379. The fourth-order valence-electron chi connectivity index (χ4n) is 13.0. The van der Waals surface area contributed by atoms with E-state index in [1.807, 2.05) is 0 Å². The Bertz CT molecular complexity index is 3330. The van der Waals surface area contributed by atoms with E-state index in [0.717, 1.165) is 17.0 Å². The summed E-state index contributed by atoms with van der Waals surface area (Å²) >= 11 is 0. The Morgan fingerprint density at radius 3 is 1.86 bits per heavy atom. The molecule has 6 amide bonds. The lowest BCUT2D eigenvalue weighted by Crippen LogP contribution is -2.70. The summed E-state index contributed by atoms with van der Waals surface area (Å²) in [5.41, 5.74) is 13.1. The predicted octanol–water partition coefficient (Wildman–Crippen LogP) is -10.9. The van der Waals surface area contributed by atoms with Crippen LogP contribution in [-0.4, -0.2) is 311 Å². The molecule has 7 aliphatic rings. The number of phenolic OH excluding ortho intramolecular Hbond substituents is 1. The molecule has 536 valence electrons. The lowest BCUT2D eigenvalue weighted by atomic mass is 9.79. The first-order valence-corrected chi connectivity index (χ1v) is 31.5. The largest absolute Gasteiger partial charge is 0.508 e. The van der Waals surface area contributed by atoms with E-state index in [1.165, 1.54) is 19.1 Å². The molecule has 0 spiro atoms. The van der Waals surface area contributed by atoms with E-state index in [1.54, 1.807) is 60.7 Å². The van der Waals surface area contributed by atoms with Gasteiger partial charge in [-0.1, -0.05) is 79.7 Å². The highest BCUT2D eigenvalue weighted by molar-refractivity contribution is 5.99. The van der Waals surface area contributed by atoms with Crippen molar-refractivity contribution in [1.82, 2.24) is 42.1 Å². The van der Waals surface area contributed by atoms with Crippen LogP contribution in [0.2, 0.25) is 0 Å². The number of aromatic hydroxyl groups is 1. The van der Waals surface area contributed by atoms with E-state index in [2.05, 4.69) is 47.2 Å². The van der Waals surface area contributed by atoms with E-state index < -0.39 is 245 Å². The number of guanidine groups is 2. The molecule has 0 aliphatic carbocycles. The monoisotopic (exact) mass is 1380 g/mol. The quantitative estimate of drug-likeness (QED) is 0.0633. The number of nitrogens with two attached hydrogens (primary N) is 2. The number of phenols is 1. The average Bonchev–Trinajstić information content (AvgIpc) is 1.30. The minimum Gasteiger partial charge on any atom is -0.508 e. The Morgan fingerprint density at radius 1 is 0.592 bits per heavy atom. The van der Waals surface area contributed by atoms with Gasteiger partial charge in [0.2, 0.25) is 35.4 Å². The molecule has 0 bridgehead atoms. The van der Waals surface area contributed by atoms with Gasteiger partial charge in [0.25, 0.3) is 0 Å². The van der Waals surface area contributed by atoms with Crippen LogP contribution in [0.4, 0.5) is 0 Å². The highest BCUT2D eigenvalue weighted by atomic mass is 16.8. The third-order valence-corrected chi connectivity index (χ3v) is 18.5. The molecule has 0 saturated carbocycles. The van der Waals surface area contributed by atoms with Crippen LogP contribution in [0.1, 0.15) is 41.7 Å². The summed E-state index contributed by atoms with van der Waals surface area (Å²) in [7, 11) is 0. The van der Waals surface area contributed by atoms with Gasteiger partial charge in [0, 0.05) is 17.4 Å². The molecule has 98 heavy (non-hydrogen) atoms. The van der Waals surface area contributed by atoms with Gasteiger partial charge in [0.15, 0.2) is 30.7 Å². The molecule has 5 saturated heterocycles. The zero-order valence-electron chi connectivity index (χ0n) is 52.3. The van der Waals surface area contributed by atoms with Crippen LogP contribution in [0.5, 0.6) is 5.75 Å². The number of aliphatic hydroxyl groups excluding tert-OH is 12. The van der Waals surface area contributed by atoms with Crippen molar-refractivity contribution >= 4 is 47.4 Å². The first kappa shape index (κ1) is 72.8. The standard InChI is InChI=1S/C61H82N12O25/c1-23(24-8-4-2-5-9-24)36-53(89)70-37(35(25-12-14-27(77)15-13-25)51-45(84)44(83)49(32(21-76)94-51)98-59-48(87)46(85)50-33(96-59)22-93-58(97-50)26-10-6-3-7-11-26)54(90)71-38(40(79)28-16-65-60(62)68-28)56(92)72-39(55(91)67-29(19-74)52(88)64-18-34(78)69-36)41(80)30-17-66-61(63)73(30)57-47(86)43(82)42(81)31(20-75)95-57/h2-15,23,28-33,35-51,57-59,74-77,79-87H,16-22H2,1H3,(H2,63,66)(H,64,88)(H,67,91)(H,69,78)(H,70,89)(H,71,90)(H,72,92)(H3,62,65,68). The van der Waals surface area contributed by atoms with Crippen molar-refractivity contribution in [2.75, 3.05) is 46.1 Å². The Labute approximate surface area is 557 Å². The number of rotatable bonds is 16. The van der Waals surface area contributed by atoms with E-state index in [9.17, 15) is 80.8 Å². The maximum Gasteiger partial charge on any atom is 0.246 e. The van der Waals surface area contributed by atoms with Gasteiger partial charge in [-0.25, -0.2) is 0 Å². The molecular weight excluding hydrogens is 1300 g/mol. The predicted molar refractivity (Wildman–Crippen MR) is 330 cm³/mol. The van der Waals surface area contributed by atoms with E-state index in [4.69, 9.17) is 39.9 Å². The summed E-state index contributed by atoms with van der Waals surface area (Å²) in [6.07, 6.45) is -33.1. The Kier molecular flexibility index (Phi) is 23.4. The molecular formula is C61H82N12O25. The zero-order chi connectivity index (χ0) is 70.5. The van der Waals surface area contributed by atoms with Gasteiger partial charge in [-0.3, -0.25) is 38.8 Å². The van der Waals surface area contributed by atoms with Crippen molar-refractivity contribution in [2.24, 2.45) is 21.5 Å². The molecule has 3 aromatic carbocycles. The van der Waals surface area contributed by atoms with Crippen LogP contribution in [0.3, 0.4) is 0 Å². The summed E-state index contributed by atoms with van der Waals surface area (Å²) < 4.78 is 36.2. The summed E-state index contributed by atoms with van der Waals surface area (Å²) in [6, 6.07) is 7.30. The van der Waals surface area contributed by atoms with Crippen molar-refractivity contribution in [3.63, 3.8) is 0 Å². The topological polar surface area (TPSA) is 585 Å². The summed E-state index contributed by atoms with van der Waals surface area (Å²) in [6.45, 7) is -3.92. The van der Waals surface area contributed by atoms with Gasteiger partial charge in [0.1, 0.15) is 121 Å². The first-order chi connectivity index (χ1) is 46.8. The smallest absolute Gasteiger partial charge is 0.246 e. The molecule has 7 aliphatic heterocycles. The second-order valence-corrected chi connectivity index (χ2v) is 24.7. The van der Waals surface area contributed by atoms with Crippen LogP contribution < -0.4 is 48.7 Å². The summed E-state index contributed by atoms with van der Waals surface area (Å²) in [5.74, 6) is -12.3. The first-order valence-electron chi connectivity index (χ1n) is 31.5. The second kappa shape index (κ2) is 31.5. The van der Waals surface area contributed by atoms with Crippen molar-refractivity contribution in [3.8, 4) is 5.75 Å². The SMILES string of the molecule is CC(c1ccccc1)C1NC(=O)CNC(=O)C(CO)NC(=O)C(C(O)C2CN=C(N)N2C2OC(CO)C(O)C(O)C2O)NC(=O)C(C(O)C2CN=C(N)N2)NC(=O)C(C(c2ccc(O)cc2)C2OC(CO)C(OC3OC4COC(c5ccccc5)OC4C(O)C3O)C(O)C2O)NC1=O. The molecule has 27 atom stereocenters. The number of nitrogens with one attached hydrogen (secondary N) is 7. The number of ether oxygens (including phenoxy) is 6. The van der Waals surface area contributed by atoms with Gasteiger partial charge >= 0.3 is 0 Å². The number of nitrogens with zero attached hydrogens (tertiary/aromatic N) is 3. The number of hydrogen-bond donors (Lipinski definition) is 22. The number of carbonyl (C=O) groups excluding carboxylic acids is 6. The number of hydrogen-bond acceptors (Lipinski definition) is 31. The number of fused-ring (bicyclic) bond motifs is 1. The molecule has 37 nitrogen and oxygen atoms in total. The van der Waals surface area contributed by atoms with E-state index in [-0.39, 0.29) is 23.9 Å². The van der Waals surface area contributed by atoms with Gasteiger partial charge in [0.05, 0.1) is 64.2 Å². The van der Waals surface area contributed by atoms with Crippen LogP contribution in [0.25, 0.3) is 0 Å². The molecule has 7 heterocycles. The molecule has 3 aromatic rings. The van der Waals surface area contributed by atoms with E-state index in [0.29, 0.717) is 11.1 Å². The number of amides is 6. The minimum absolute atomic E-state index is 0.121. The van der Waals surface area contributed by atoms with Crippen molar-refractivity contribution in [1.29, 1.82) is 0 Å². The van der Waals surface area contributed by atoms with Crippen LogP contribution in [0.15, 0.2) is 94.9 Å². The van der Waals surface area contributed by atoms with Gasteiger partial charge in [-0.05, 0) is 23.3 Å². The summed E-state index contributed by atoms with van der Waals surface area (Å²) in [5, 5.41) is 165. The minimum atomic E-state index is -2.45. The van der Waals surface area contributed by atoms with Crippen molar-refractivity contribution in [2.45, 2.75) is 171 Å². The zero-order valence-corrected chi connectivity index (χ0v) is 52.3. The number of benzene rings is 3. The van der Waals surface area contributed by atoms with Crippen LogP contribution in [-0.2, 0) is 57.2 Å². The van der Waals surface area contributed by atoms with Crippen molar-refractivity contribution in [3.05, 3.63) is 102 Å². The maximum atomic E-state index is 16.0. The van der Waals surface area contributed by atoms with Gasteiger partial charge in [-0.2, -0.15) is 0 Å². The highest BCUT2D eigenvalue weighted by Crippen LogP contribution is 2.40. The fraction of sp³-hybridized carbons (Fsp3) is 0.574. The normalized spacial score (nSPS) is 37.5. The molecule has 5 fully saturated rings. The van der Waals surface area contributed by atoms with Crippen molar-refractivity contribution < 1.29 is 124 Å². The molecule has 37 heteroatoms. The third-order valence-electron chi connectivity index (χ3n) is 18.5. The molecule has 10 rings (SSSR count). The van der Waals surface area contributed by atoms with Gasteiger partial charge in [-0.15, -0.1) is 0 Å². The average molecular weight is 1380 g/mol. The molecule has 27 unspecified atom stereocenters. The highest BCUT2D eigenvalue weighted by Gasteiger charge is 2.57. The Hall–Kier alpha value is -7.90. The second-order valence-electron chi connectivity index (χ2n) is 24.7. The fourth-order valence-corrected chi connectivity index (χ4v) is 13.0. The van der Waals surface area contributed by atoms with Gasteiger partial charge < -0.3 is 148 Å².